The van der Waals surface area contributed by atoms with E-state index in [-0.39, 0.29) is 11.8 Å². The van der Waals surface area contributed by atoms with Crippen molar-refractivity contribution in [2.75, 3.05) is 29.2 Å². The molecule has 2 heterocycles. The third-order valence-corrected chi connectivity index (χ3v) is 11.4. The molecule has 2 amide bonds. The highest BCUT2D eigenvalue weighted by Gasteiger charge is 2.19. The zero-order chi connectivity index (χ0) is 36.8. The third-order valence-electron chi connectivity index (χ3n) is 9.49. The summed E-state index contributed by atoms with van der Waals surface area (Å²) in [7, 11) is 1.90. The van der Waals surface area contributed by atoms with E-state index in [1.165, 1.54) is 60.3 Å². The van der Waals surface area contributed by atoms with E-state index >= 15 is 0 Å². The zero-order valence-electron chi connectivity index (χ0n) is 30.6. The Morgan fingerprint density at radius 2 is 1.25 bits per heavy atom. The first-order valence-electron chi connectivity index (χ1n) is 18.5. The predicted octanol–water partition coefficient (Wildman–Crippen LogP) is 8.01. The van der Waals surface area contributed by atoms with Gasteiger partial charge in [-0.3, -0.25) is 18.7 Å². The van der Waals surface area contributed by atoms with E-state index in [4.69, 9.17) is 0 Å². The maximum atomic E-state index is 12.3. The van der Waals surface area contributed by atoms with Crippen LogP contribution in [-0.4, -0.2) is 61.6 Å². The number of hydrogen-bond donors (Lipinski definition) is 4. The summed E-state index contributed by atoms with van der Waals surface area (Å²) in [6.07, 6.45) is 16.7. The molecule has 53 heavy (non-hydrogen) atoms. The topological polar surface area (TPSA) is 118 Å². The van der Waals surface area contributed by atoms with Crippen molar-refractivity contribution in [2.45, 2.75) is 87.2 Å². The molecular formula is C41H50N8O2S2. The Kier molecular flexibility index (Phi) is 13.9. The fourth-order valence-electron chi connectivity index (χ4n) is 6.59. The monoisotopic (exact) mass is 750 g/mol. The van der Waals surface area contributed by atoms with Gasteiger partial charge in [0.05, 0.1) is 11.5 Å². The van der Waals surface area contributed by atoms with Crippen LogP contribution in [0.4, 0.5) is 11.4 Å². The molecule has 10 nitrogen and oxygen atoms in total. The third kappa shape index (κ3) is 11.4. The number of carbonyl (C=O) groups is 2. The fourth-order valence-corrected chi connectivity index (χ4v) is 8.16. The Bertz CT molecular complexity index is 1900. The fraction of sp³-hybridized carbons (Fsp3) is 0.366. The minimum Gasteiger partial charge on any atom is -0.388 e. The van der Waals surface area contributed by atoms with Crippen molar-refractivity contribution in [3.8, 4) is 11.4 Å². The maximum Gasteiger partial charge on any atom is 0.230 e. The molecule has 0 aliphatic heterocycles. The van der Waals surface area contributed by atoms with Crippen molar-refractivity contribution in [3.63, 3.8) is 0 Å². The van der Waals surface area contributed by atoms with Crippen molar-refractivity contribution in [1.82, 2.24) is 29.7 Å². The van der Waals surface area contributed by atoms with Crippen LogP contribution in [0.5, 0.6) is 0 Å². The van der Waals surface area contributed by atoms with Gasteiger partial charge in [-0.1, -0.05) is 85.1 Å². The number of aromatic nitrogens is 4. The van der Waals surface area contributed by atoms with Crippen LogP contribution in [-0.2, 0) is 16.1 Å². The number of thioether (sulfide) groups is 2. The Hall–Kier alpha value is -4.68. The number of nitrogens with zero attached hydrogens (tertiary/aromatic N) is 4. The van der Waals surface area contributed by atoms with Gasteiger partial charge in [0, 0.05) is 73.2 Å². The van der Waals surface area contributed by atoms with Gasteiger partial charge in [0.15, 0.2) is 10.3 Å². The van der Waals surface area contributed by atoms with Crippen molar-refractivity contribution in [2.24, 2.45) is 0 Å². The van der Waals surface area contributed by atoms with E-state index in [2.05, 4.69) is 80.6 Å². The van der Waals surface area contributed by atoms with E-state index in [9.17, 15) is 9.59 Å². The molecule has 0 radical (unpaired) electrons. The van der Waals surface area contributed by atoms with Gasteiger partial charge < -0.3 is 21.3 Å². The van der Waals surface area contributed by atoms with Gasteiger partial charge in [-0.05, 0) is 80.6 Å². The van der Waals surface area contributed by atoms with Crippen LogP contribution in [0.15, 0.2) is 108 Å². The molecule has 4 N–H and O–H groups in total. The maximum absolute atomic E-state index is 12.3. The van der Waals surface area contributed by atoms with Crippen LogP contribution in [0, 0.1) is 6.92 Å². The lowest BCUT2D eigenvalue weighted by atomic mass is 10.1. The molecule has 0 spiro atoms. The molecule has 278 valence electrons. The first-order chi connectivity index (χ1) is 25.9. The van der Waals surface area contributed by atoms with E-state index < -0.39 is 0 Å². The lowest BCUT2D eigenvalue weighted by molar-refractivity contribution is -0.120. The molecule has 0 saturated heterocycles. The van der Waals surface area contributed by atoms with Crippen molar-refractivity contribution in [3.05, 3.63) is 109 Å². The van der Waals surface area contributed by atoms with Crippen LogP contribution >= 0.6 is 23.5 Å². The quantitative estimate of drug-likeness (QED) is 0.0844. The summed E-state index contributed by atoms with van der Waals surface area (Å²) in [6.45, 7) is 2.87. The number of rotatable bonds is 14. The highest BCUT2D eigenvalue weighted by Crippen LogP contribution is 2.25. The van der Waals surface area contributed by atoms with Crippen molar-refractivity contribution >= 4 is 46.7 Å². The number of anilines is 2. The molecule has 0 unspecified atom stereocenters. The largest absolute Gasteiger partial charge is 0.388 e. The molecule has 12 heteroatoms. The van der Waals surface area contributed by atoms with Crippen LogP contribution in [0.25, 0.3) is 11.4 Å². The number of nitrogens with one attached hydrogen (secondary N) is 4. The zero-order valence-corrected chi connectivity index (χ0v) is 32.2. The first-order valence-corrected chi connectivity index (χ1v) is 20.5. The van der Waals surface area contributed by atoms with Crippen molar-refractivity contribution < 1.29 is 9.59 Å². The van der Waals surface area contributed by atoms with Crippen LogP contribution in [0.2, 0.25) is 0 Å². The molecular weight excluding hydrogens is 701 g/mol. The van der Waals surface area contributed by atoms with Gasteiger partial charge in [0.1, 0.15) is 0 Å². The molecule has 0 bridgehead atoms. The molecule has 3 aromatic carbocycles. The second kappa shape index (κ2) is 19.4. The molecule has 5 aromatic rings. The van der Waals surface area contributed by atoms with Gasteiger partial charge in [-0.15, -0.1) is 0 Å². The summed E-state index contributed by atoms with van der Waals surface area (Å²) in [4.78, 5) is 33.1. The number of hydrogen-bond acceptors (Lipinski definition) is 8. The molecule has 7 rings (SSSR count). The highest BCUT2D eigenvalue weighted by atomic mass is 32.2. The number of aryl methyl sites for hydroxylation is 1. The Balaban J connectivity index is 0.000000188. The summed E-state index contributed by atoms with van der Waals surface area (Å²) >= 11 is 2.95. The van der Waals surface area contributed by atoms with Crippen LogP contribution in [0.1, 0.15) is 62.5 Å². The summed E-state index contributed by atoms with van der Waals surface area (Å²) in [5, 5.41) is 14.5. The standard InChI is InChI=1S/C24H28N4OS.C17H22N4OS/c1-18-9-11-19(12-10-18)16-26-21-7-4-8-22(15-21)28-14-13-25-24(28)30-17-23(29)27-20-5-2-3-6-20;1-18-13-6-8-15(9-7-13)21-11-10-19-17(21)23-12-16(22)20-14-4-2-3-5-14/h4,7-15,20,26H,2-3,5-6,16-17H2,1H3,(H,27,29);6-11,14,18H,2-5,12H2,1H3,(H,20,22). The highest BCUT2D eigenvalue weighted by molar-refractivity contribution is 8.00. The lowest BCUT2D eigenvalue weighted by Gasteiger charge is -2.13. The minimum absolute atomic E-state index is 0.0926. The smallest absolute Gasteiger partial charge is 0.230 e. The van der Waals surface area contributed by atoms with Gasteiger partial charge in [-0.25, -0.2) is 9.97 Å². The minimum atomic E-state index is 0.0926. The SMILES string of the molecule is CNc1ccc(-n2ccnc2SCC(=O)NC2CCCC2)cc1.Cc1ccc(CNc2cccc(-n3ccnc3SCC(=O)NC3CCCC3)c2)cc1. The second-order valence-electron chi connectivity index (χ2n) is 13.5. The Morgan fingerprint density at radius 3 is 1.79 bits per heavy atom. The van der Waals surface area contributed by atoms with E-state index in [1.807, 2.05) is 58.9 Å². The molecule has 2 aliphatic rings. The lowest BCUT2D eigenvalue weighted by Crippen LogP contribution is -2.33. The van der Waals surface area contributed by atoms with Gasteiger partial charge in [0.2, 0.25) is 11.8 Å². The van der Waals surface area contributed by atoms with Crippen LogP contribution in [0.3, 0.4) is 0 Å². The number of carbonyl (C=O) groups excluding carboxylic acids is 2. The van der Waals surface area contributed by atoms with Gasteiger partial charge in [-0.2, -0.15) is 0 Å². The molecule has 0 atom stereocenters. The van der Waals surface area contributed by atoms with Gasteiger partial charge >= 0.3 is 0 Å². The number of benzene rings is 3. The molecule has 2 fully saturated rings. The molecule has 2 aromatic heterocycles. The normalized spacial score (nSPS) is 14.4. The summed E-state index contributed by atoms with van der Waals surface area (Å²) in [5.74, 6) is 0.984. The van der Waals surface area contributed by atoms with E-state index in [1.54, 1.807) is 12.4 Å². The Morgan fingerprint density at radius 1 is 0.698 bits per heavy atom. The van der Waals surface area contributed by atoms with Gasteiger partial charge in [0.25, 0.3) is 0 Å². The number of amides is 2. The summed E-state index contributed by atoms with van der Waals surface area (Å²) in [6, 6.07) is 25.7. The average molecular weight is 751 g/mol. The molecule has 2 aliphatic carbocycles. The van der Waals surface area contributed by atoms with Crippen LogP contribution < -0.4 is 21.3 Å². The summed E-state index contributed by atoms with van der Waals surface area (Å²) in [5.41, 5.74) is 6.71. The van der Waals surface area contributed by atoms with E-state index in [0.29, 0.717) is 23.6 Å². The first kappa shape index (κ1) is 38.1. The van der Waals surface area contributed by atoms with E-state index in [0.717, 1.165) is 65.3 Å². The number of imidazole rings is 2. The van der Waals surface area contributed by atoms with Crippen molar-refractivity contribution in [1.29, 1.82) is 0 Å². The Labute approximate surface area is 321 Å². The second-order valence-corrected chi connectivity index (χ2v) is 15.4. The average Bonchev–Trinajstić information content (AvgIpc) is 4.03. The summed E-state index contributed by atoms with van der Waals surface area (Å²) < 4.78 is 4.04. The molecule has 2 saturated carbocycles. The predicted molar refractivity (Wildman–Crippen MR) is 217 cm³/mol.